The highest BCUT2D eigenvalue weighted by Gasteiger charge is 2.23. The Balaban J connectivity index is 0.00000289. The summed E-state index contributed by atoms with van der Waals surface area (Å²) in [5, 5.41) is 19.3. The molecule has 3 heterocycles. The van der Waals surface area contributed by atoms with E-state index in [1.165, 1.54) is 12.4 Å². The Morgan fingerprint density at radius 3 is 2.72 bits per heavy atom. The number of nitrogens with zero attached hydrogens (tertiary/aromatic N) is 6. The SMILES string of the molecule is CCN1CCN(c2ccc(-c3cc(Nc4cnc(C#N)cn4)n[nH]3)c(OC)c2)C[C@H]1C.Cl. The molecular weight excluding hydrogens is 428 g/mol. The minimum Gasteiger partial charge on any atom is -0.496 e. The Kier molecular flexibility index (Phi) is 7.51. The van der Waals surface area contributed by atoms with Gasteiger partial charge in [-0.05, 0) is 25.6 Å². The van der Waals surface area contributed by atoms with Crippen molar-refractivity contribution < 1.29 is 4.74 Å². The maximum Gasteiger partial charge on any atom is 0.158 e. The summed E-state index contributed by atoms with van der Waals surface area (Å²) in [6.45, 7) is 8.64. The summed E-state index contributed by atoms with van der Waals surface area (Å²) in [4.78, 5) is 13.1. The first-order valence-corrected chi connectivity index (χ1v) is 10.3. The lowest BCUT2D eigenvalue weighted by Crippen LogP contribution is -2.51. The monoisotopic (exact) mass is 454 g/mol. The van der Waals surface area contributed by atoms with Gasteiger partial charge >= 0.3 is 0 Å². The highest BCUT2D eigenvalue weighted by molar-refractivity contribution is 5.85. The van der Waals surface area contributed by atoms with Gasteiger partial charge in [-0.3, -0.25) is 10.00 Å². The second kappa shape index (κ2) is 10.3. The molecule has 0 radical (unpaired) electrons. The highest BCUT2D eigenvalue weighted by Crippen LogP contribution is 2.34. The van der Waals surface area contributed by atoms with E-state index in [4.69, 9.17) is 10.00 Å². The molecule has 0 saturated carbocycles. The van der Waals surface area contributed by atoms with Crippen molar-refractivity contribution in [3.8, 4) is 23.1 Å². The molecule has 9 nitrogen and oxygen atoms in total. The number of aromatic amines is 1. The van der Waals surface area contributed by atoms with E-state index in [0.717, 1.165) is 48.9 Å². The van der Waals surface area contributed by atoms with Crippen molar-refractivity contribution in [2.75, 3.05) is 43.5 Å². The van der Waals surface area contributed by atoms with Crippen LogP contribution >= 0.6 is 12.4 Å². The Morgan fingerprint density at radius 1 is 1.22 bits per heavy atom. The van der Waals surface area contributed by atoms with Gasteiger partial charge in [-0.1, -0.05) is 6.92 Å². The number of methoxy groups -OCH3 is 1. The molecule has 1 fully saturated rings. The molecule has 1 atom stereocenters. The van der Waals surface area contributed by atoms with Gasteiger partial charge in [0.2, 0.25) is 0 Å². The fraction of sp³-hybridized carbons (Fsp3) is 0.364. The minimum atomic E-state index is 0. The summed E-state index contributed by atoms with van der Waals surface area (Å²) in [5.41, 5.74) is 3.19. The first kappa shape index (κ1) is 23.3. The van der Waals surface area contributed by atoms with Crippen LogP contribution in [0.25, 0.3) is 11.3 Å². The molecule has 0 amide bonds. The summed E-state index contributed by atoms with van der Waals surface area (Å²) < 4.78 is 5.70. The second-order valence-electron chi connectivity index (χ2n) is 7.50. The lowest BCUT2D eigenvalue weighted by atomic mass is 10.1. The molecule has 1 aliphatic rings. The molecule has 168 valence electrons. The van der Waals surface area contributed by atoms with Gasteiger partial charge in [-0.15, -0.1) is 12.4 Å². The third kappa shape index (κ3) is 4.93. The van der Waals surface area contributed by atoms with E-state index in [2.05, 4.69) is 67.3 Å². The summed E-state index contributed by atoms with van der Waals surface area (Å²) in [6.07, 6.45) is 2.92. The van der Waals surface area contributed by atoms with Crippen LogP contribution in [0.2, 0.25) is 0 Å². The van der Waals surface area contributed by atoms with Crippen molar-refractivity contribution in [1.82, 2.24) is 25.1 Å². The Bertz CT molecular complexity index is 1080. The number of H-pyrrole nitrogens is 1. The molecule has 2 N–H and O–H groups in total. The Labute approximate surface area is 193 Å². The molecule has 1 saturated heterocycles. The van der Waals surface area contributed by atoms with Crippen molar-refractivity contribution in [3.05, 3.63) is 42.4 Å². The molecule has 0 aliphatic carbocycles. The summed E-state index contributed by atoms with van der Waals surface area (Å²) >= 11 is 0. The van der Waals surface area contributed by atoms with Crippen LogP contribution in [-0.4, -0.2) is 64.4 Å². The fourth-order valence-corrected chi connectivity index (χ4v) is 3.90. The van der Waals surface area contributed by atoms with Crippen molar-refractivity contribution in [3.63, 3.8) is 0 Å². The molecule has 0 spiro atoms. The summed E-state index contributed by atoms with van der Waals surface area (Å²) in [7, 11) is 1.68. The van der Waals surface area contributed by atoms with Crippen LogP contribution in [0, 0.1) is 11.3 Å². The quantitative estimate of drug-likeness (QED) is 0.583. The average Bonchev–Trinajstić information content (AvgIpc) is 3.27. The zero-order chi connectivity index (χ0) is 21.8. The van der Waals surface area contributed by atoms with Crippen LogP contribution in [0.4, 0.5) is 17.3 Å². The predicted octanol–water partition coefficient (Wildman–Crippen LogP) is 3.44. The van der Waals surface area contributed by atoms with Crippen molar-refractivity contribution >= 4 is 29.7 Å². The van der Waals surface area contributed by atoms with Crippen LogP contribution in [0.1, 0.15) is 19.5 Å². The zero-order valence-electron chi connectivity index (χ0n) is 18.4. The van der Waals surface area contributed by atoms with Gasteiger partial charge in [-0.25, -0.2) is 9.97 Å². The van der Waals surface area contributed by atoms with E-state index in [1.54, 1.807) is 7.11 Å². The van der Waals surface area contributed by atoms with Crippen LogP contribution < -0.4 is 15.0 Å². The number of likely N-dealkylation sites (N-methyl/N-ethyl adjacent to an activating group) is 1. The van der Waals surface area contributed by atoms with E-state index < -0.39 is 0 Å². The second-order valence-corrected chi connectivity index (χ2v) is 7.50. The number of rotatable bonds is 6. The third-order valence-electron chi connectivity index (χ3n) is 5.61. The number of nitrogens with one attached hydrogen (secondary N) is 2. The first-order valence-electron chi connectivity index (χ1n) is 10.3. The maximum atomic E-state index is 8.83. The smallest absolute Gasteiger partial charge is 0.158 e. The molecule has 1 aliphatic heterocycles. The number of hydrogen-bond acceptors (Lipinski definition) is 8. The van der Waals surface area contributed by atoms with Crippen LogP contribution in [0.3, 0.4) is 0 Å². The van der Waals surface area contributed by atoms with Gasteiger partial charge in [0, 0.05) is 49.1 Å². The predicted molar refractivity (Wildman–Crippen MR) is 127 cm³/mol. The maximum absolute atomic E-state index is 8.83. The third-order valence-corrected chi connectivity index (χ3v) is 5.61. The van der Waals surface area contributed by atoms with Crippen LogP contribution in [-0.2, 0) is 0 Å². The lowest BCUT2D eigenvalue weighted by Gasteiger charge is -2.40. The molecule has 10 heteroatoms. The lowest BCUT2D eigenvalue weighted by molar-refractivity contribution is 0.199. The van der Waals surface area contributed by atoms with E-state index >= 15 is 0 Å². The number of piperazine rings is 1. The van der Waals surface area contributed by atoms with Gasteiger partial charge in [0.15, 0.2) is 11.5 Å². The number of hydrogen-bond donors (Lipinski definition) is 2. The molecule has 32 heavy (non-hydrogen) atoms. The largest absolute Gasteiger partial charge is 0.496 e. The number of ether oxygens (including phenoxy) is 1. The number of halogens is 1. The molecule has 0 unspecified atom stereocenters. The van der Waals surface area contributed by atoms with Crippen molar-refractivity contribution in [2.45, 2.75) is 19.9 Å². The highest BCUT2D eigenvalue weighted by atomic mass is 35.5. The first-order chi connectivity index (χ1) is 15.1. The standard InChI is InChI=1S/C22H26N8O.ClH/c1-4-29-7-8-30(14-15(29)2)17-5-6-18(20(9-17)31-3)19-10-21(28-27-19)26-22-13-24-16(11-23)12-25-22;/h5-6,9-10,12-13,15H,4,7-8,14H2,1-3H3,(H2,25,26,27,28);1H/t15-;/m1./s1. The molecule has 0 bridgehead atoms. The van der Waals surface area contributed by atoms with Gasteiger partial charge in [0.25, 0.3) is 0 Å². The zero-order valence-corrected chi connectivity index (χ0v) is 19.2. The normalized spacial score (nSPS) is 16.2. The minimum absolute atomic E-state index is 0. The van der Waals surface area contributed by atoms with Crippen LogP contribution in [0.5, 0.6) is 5.75 Å². The summed E-state index contributed by atoms with van der Waals surface area (Å²) in [6, 6.07) is 10.6. The molecule has 1 aromatic carbocycles. The van der Waals surface area contributed by atoms with Crippen molar-refractivity contribution in [1.29, 1.82) is 5.26 Å². The molecular formula is C22H27ClN8O. The fourth-order valence-electron chi connectivity index (χ4n) is 3.90. The molecule has 3 aromatic rings. The summed E-state index contributed by atoms with van der Waals surface area (Å²) in [5.74, 6) is 1.90. The van der Waals surface area contributed by atoms with Crippen molar-refractivity contribution in [2.24, 2.45) is 0 Å². The average molecular weight is 455 g/mol. The van der Waals surface area contributed by atoms with Gasteiger partial charge in [0.05, 0.1) is 25.2 Å². The van der Waals surface area contributed by atoms with E-state index in [0.29, 0.717) is 17.7 Å². The van der Waals surface area contributed by atoms with E-state index in [-0.39, 0.29) is 18.1 Å². The number of anilines is 3. The number of aromatic nitrogens is 4. The topological polar surface area (TPSA) is 106 Å². The number of benzene rings is 1. The van der Waals surface area contributed by atoms with Crippen LogP contribution in [0.15, 0.2) is 36.7 Å². The van der Waals surface area contributed by atoms with E-state index in [1.807, 2.05) is 12.1 Å². The van der Waals surface area contributed by atoms with E-state index in [9.17, 15) is 0 Å². The van der Waals surface area contributed by atoms with Gasteiger partial charge < -0.3 is 15.0 Å². The Morgan fingerprint density at radius 2 is 2.06 bits per heavy atom. The molecule has 2 aromatic heterocycles. The van der Waals surface area contributed by atoms with Gasteiger partial charge in [0.1, 0.15) is 17.6 Å². The number of nitriles is 1. The molecule has 4 rings (SSSR count). The Hall–Kier alpha value is -3.35. The van der Waals surface area contributed by atoms with Gasteiger partial charge in [-0.2, -0.15) is 10.4 Å².